The van der Waals surface area contributed by atoms with Crippen LogP contribution in [-0.4, -0.2) is 20.1 Å². The average Bonchev–Trinajstić information content (AvgIpc) is 2.73. The van der Waals surface area contributed by atoms with Crippen LogP contribution in [0.1, 0.15) is 0 Å². The van der Waals surface area contributed by atoms with Gasteiger partial charge in [0, 0.05) is 17.8 Å². The smallest absolute Gasteiger partial charge is 0.142 e. The minimum absolute atomic E-state index is 0.146. The lowest BCUT2D eigenvalue weighted by Gasteiger charge is -2.02. The molecule has 0 aliphatic rings. The van der Waals surface area contributed by atoms with Crippen LogP contribution in [0.5, 0.6) is 5.75 Å². The fraction of sp³-hybridized carbons (Fsp3) is 0. The monoisotopic (exact) mass is 263 g/mol. The highest BCUT2D eigenvalue weighted by atomic mass is 35.5. The summed E-state index contributed by atoms with van der Waals surface area (Å²) in [6, 6.07) is 3.80. The summed E-state index contributed by atoms with van der Waals surface area (Å²) in [6.07, 6.45) is 2.99. The summed E-state index contributed by atoms with van der Waals surface area (Å²) in [5.41, 5.74) is 1.72. The van der Waals surface area contributed by atoms with Crippen LogP contribution >= 0.6 is 11.6 Å². The number of nitrogens with zero attached hydrogens (tertiary/aromatic N) is 2. The van der Waals surface area contributed by atoms with Gasteiger partial charge in [0.15, 0.2) is 0 Å². The van der Waals surface area contributed by atoms with Crippen molar-refractivity contribution in [3.8, 4) is 16.9 Å². The number of hydrogen-bond donors (Lipinski definition) is 2. The maximum atomic E-state index is 13.3. The molecule has 0 saturated carbocycles. The molecule has 2 N–H and O–H groups in total. The Hall–Kier alpha value is -2.14. The summed E-state index contributed by atoms with van der Waals surface area (Å²) >= 11 is 6.01. The Morgan fingerprint density at radius 3 is 2.83 bits per heavy atom. The Morgan fingerprint density at radius 2 is 2.06 bits per heavy atom. The van der Waals surface area contributed by atoms with Gasteiger partial charge in [0.1, 0.15) is 28.7 Å². The molecular formula is C12H7ClFN3O. The Kier molecular flexibility index (Phi) is 2.41. The maximum absolute atomic E-state index is 13.3. The number of aromatic nitrogens is 3. The number of benzene rings is 1. The number of hydrogen-bond acceptors (Lipinski definition) is 3. The predicted molar refractivity (Wildman–Crippen MR) is 66.0 cm³/mol. The highest BCUT2D eigenvalue weighted by molar-refractivity contribution is 6.35. The van der Waals surface area contributed by atoms with E-state index >= 15 is 0 Å². The molecule has 0 saturated heterocycles. The standard InChI is InChI=1S/C12H7ClFN3O/c13-11-10-9(4-15-12(10)17-5-16-11)6-1-7(14)3-8(18)2-6/h1-5,18H,(H,15,16,17). The number of H-pyrrole nitrogens is 1. The van der Waals surface area contributed by atoms with Crippen molar-refractivity contribution in [3.63, 3.8) is 0 Å². The highest BCUT2D eigenvalue weighted by Crippen LogP contribution is 2.33. The molecule has 0 fully saturated rings. The number of aromatic hydroxyl groups is 1. The van der Waals surface area contributed by atoms with Crippen molar-refractivity contribution in [3.05, 3.63) is 41.7 Å². The molecule has 3 rings (SSSR count). The Morgan fingerprint density at radius 1 is 1.22 bits per heavy atom. The molecule has 0 unspecified atom stereocenters. The SMILES string of the molecule is Oc1cc(F)cc(-c2c[nH]c3ncnc(Cl)c23)c1. The third-order valence-corrected chi connectivity index (χ3v) is 2.90. The molecule has 0 aliphatic carbocycles. The topological polar surface area (TPSA) is 61.8 Å². The first kappa shape index (κ1) is 11.0. The van der Waals surface area contributed by atoms with Crippen molar-refractivity contribution in [1.29, 1.82) is 0 Å². The lowest BCUT2D eigenvalue weighted by Crippen LogP contribution is -1.83. The predicted octanol–water partition coefficient (Wildman–Crippen LogP) is 3.12. The first-order chi connectivity index (χ1) is 8.65. The minimum Gasteiger partial charge on any atom is -0.508 e. The van der Waals surface area contributed by atoms with Crippen LogP contribution in [0, 0.1) is 5.82 Å². The van der Waals surface area contributed by atoms with Crippen LogP contribution in [0.4, 0.5) is 4.39 Å². The van der Waals surface area contributed by atoms with E-state index in [9.17, 15) is 9.50 Å². The Labute approximate surface area is 106 Å². The molecule has 18 heavy (non-hydrogen) atoms. The van der Waals surface area contributed by atoms with E-state index in [4.69, 9.17) is 11.6 Å². The van der Waals surface area contributed by atoms with Crippen LogP contribution in [0.2, 0.25) is 5.15 Å². The van der Waals surface area contributed by atoms with Gasteiger partial charge in [-0.05, 0) is 17.7 Å². The second-order valence-corrected chi connectivity index (χ2v) is 4.15. The molecule has 4 nitrogen and oxygen atoms in total. The van der Waals surface area contributed by atoms with Crippen molar-refractivity contribution in [2.24, 2.45) is 0 Å². The molecule has 0 amide bonds. The van der Waals surface area contributed by atoms with E-state index in [1.54, 1.807) is 6.20 Å². The van der Waals surface area contributed by atoms with Gasteiger partial charge in [0.2, 0.25) is 0 Å². The number of halogens is 2. The van der Waals surface area contributed by atoms with E-state index in [0.29, 0.717) is 22.2 Å². The minimum atomic E-state index is -0.521. The number of nitrogens with one attached hydrogen (secondary N) is 1. The first-order valence-electron chi connectivity index (χ1n) is 5.12. The van der Waals surface area contributed by atoms with Crippen molar-refractivity contribution in [1.82, 2.24) is 15.0 Å². The van der Waals surface area contributed by atoms with Gasteiger partial charge in [-0.2, -0.15) is 0 Å². The Balaban J connectivity index is 2.31. The zero-order valence-corrected chi connectivity index (χ0v) is 9.74. The third-order valence-electron chi connectivity index (χ3n) is 2.62. The van der Waals surface area contributed by atoms with Crippen LogP contribution in [0.3, 0.4) is 0 Å². The number of aromatic amines is 1. The van der Waals surface area contributed by atoms with Gasteiger partial charge in [-0.25, -0.2) is 14.4 Å². The van der Waals surface area contributed by atoms with Crippen LogP contribution < -0.4 is 0 Å². The zero-order chi connectivity index (χ0) is 12.7. The van der Waals surface area contributed by atoms with Crippen molar-refractivity contribution in [2.75, 3.05) is 0 Å². The average molecular weight is 264 g/mol. The summed E-state index contributed by atoms with van der Waals surface area (Å²) in [6.45, 7) is 0. The molecule has 0 bridgehead atoms. The number of rotatable bonds is 1. The highest BCUT2D eigenvalue weighted by Gasteiger charge is 2.12. The van der Waals surface area contributed by atoms with Gasteiger partial charge in [0.05, 0.1) is 5.39 Å². The quantitative estimate of drug-likeness (QED) is 0.663. The summed E-state index contributed by atoms with van der Waals surface area (Å²) in [5.74, 6) is -0.667. The molecule has 0 spiro atoms. The zero-order valence-electron chi connectivity index (χ0n) is 8.98. The van der Waals surface area contributed by atoms with Crippen molar-refractivity contribution < 1.29 is 9.50 Å². The van der Waals surface area contributed by atoms with Crippen LogP contribution in [-0.2, 0) is 0 Å². The van der Waals surface area contributed by atoms with Gasteiger partial charge in [0.25, 0.3) is 0 Å². The normalized spacial score (nSPS) is 11.0. The molecular weight excluding hydrogens is 257 g/mol. The van der Waals surface area contributed by atoms with Gasteiger partial charge >= 0.3 is 0 Å². The lowest BCUT2D eigenvalue weighted by molar-refractivity contribution is 0.469. The summed E-state index contributed by atoms with van der Waals surface area (Å²) < 4.78 is 13.3. The third kappa shape index (κ3) is 1.69. The molecule has 3 aromatic rings. The largest absolute Gasteiger partial charge is 0.508 e. The van der Waals surface area contributed by atoms with Gasteiger partial charge in [-0.1, -0.05) is 11.6 Å². The van der Waals surface area contributed by atoms with Crippen molar-refractivity contribution >= 4 is 22.6 Å². The first-order valence-corrected chi connectivity index (χ1v) is 5.50. The molecule has 0 atom stereocenters. The Bertz CT molecular complexity index is 721. The van der Waals surface area contributed by atoms with Gasteiger partial charge in [-0.3, -0.25) is 0 Å². The van der Waals surface area contributed by atoms with Gasteiger partial charge < -0.3 is 10.1 Å². The maximum Gasteiger partial charge on any atom is 0.142 e. The van der Waals surface area contributed by atoms with E-state index in [-0.39, 0.29) is 10.9 Å². The molecule has 0 radical (unpaired) electrons. The van der Waals surface area contributed by atoms with E-state index in [1.165, 1.54) is 18.5 Å². The molecule has 2 aromatic heterocycles. The number of phenols is 1. The van der Waals surface area contributed by atoms with Gasteiger partial charge in [-0.15, -0.1) is 0 Å². The molecule has 2 heterocycles. The van der Waals surface area contributed by atoms with E-state index in [0.717, 1.165) is 6.07 Å². The number of fused-ring (bicyclic) bond motifs is 1. The fourth-order valence-corrected chi connectivity index (χ4v) is 2.12. The summed E-state index contributed by atoms with van der Waals surface area (Å²) in [4.78, 5) is 10.8. The van der Waals surface area contributed by atoms with E-state index in [2.05, 4.69) is 15.0 Å². The van der Waals surface area contributed by atoms with E-state index < -0.39 is 5.82 Å². The number of phenolic OH excluding ortho intramolecular Hbond substituents is 1. The lowest BCUT2D eigenvalue weighted by atomic mass is 10.1. The van der Waals surface area contributed by atoms with Crippen molar-refractivity contribution in [2.45, 2.75) is 0 Å². The second-order valence-electron chi connectivity index (χ2n) is 3.79. The molecule has 0 aliphatic heterocycles. The molecule has 90 valence electrons. The van der Waals surface area contributed by atoms with E-state index in [1.807, 2.05) is 0 Å². The summed E-state index contributed by atoms with van der Waals surface area (Å²) in [7, 11) is 0. The molecule has 1 aromatic carbocycles. The summed E-state index contributed by atoms with van der Waals surface area (Å²) in [5, 5.41) is 10.3. The molecule has 6 heteroatoms. The fourth-order valence-electron chi connectivity index (χ4n) is 1.88. The second kappa shape index (κ2) is 3.96. The van der Waals surface area contributed by atoms with Crippen LogP contribution in [0.15, 0.2) is 30.7 Å². The van der Waals surface area contributed by atoms with Crippen LogP contribution in [0.25, 0.3) is 22.2 Å².